The molecule has 7 heteroatoms. The van der Waals surface area contributed by atoms with E-state index in [9.17, 15) is 15.0 Å². The van der Waals surface area contributed by atoms with Crippen molar-refractivity contribution in [2.24, 2.45) is 0 Å². The highest BCUT2D eigenvalue weighted by Gasteiger charge is 2.61. The highest BCUT2D eigenvalue weighted by Crippen LogP contribution is 2.42. The van der Waals surface area contributed by atoms with Gasteiger partial charge in [-0.1, -0.05) is 6.58 Å². The van der Waals surface area contributed by atoms with E-state index in [0.29, 0.717) is 0 Å². The summed E-state index contributed by atoms with van der Waals surface area (Å²) in [7, 11) is 0. The van der Waals surface area contributed by atoms with Crippen LogP contribution in [0.1, 0.15) is 20.8 Å². The fourth-order valence-electron chi connectivity index (χ4n) is 2.27. The minimum Gasteiger partial charge on any atom is -0.459 e. The van der Waals surface area contributed by atoms with Gasteiger partial charge in [0.25, 0.3) is 0 Å². The van der Waals surface area contributed by atoms with Crippen LogP contribution in [0.25, 0.3) is 0 Å². The Morgan fingerprint density at radius 3 is 2.50 bits per heavy atom. The fraction of sp³-hybridized carbons (Fsp3) is 0.769. The number of aliphatic hydroxyl groups excluding tert-OH is 2. The van der Waals surface area contributed by atoms with Gasteiger partial charge >= 0.3 is 5.97 Å². The molecule has 2 saturated heterocycles. The van der Waals surface area contributed by atoms with Crippen molar-refractivity contribution in [2.75, 3.05) is 13.2 Å². The van der Waals surface area contributed by atoms with E-state index < -0.39 is 42.5 Å². The van der Waals surface area contributed by atoms with Gasteiger partial charge in [-0.3, -0.25) is 0 Å². The number of aliphatic hydroxyl groups is 2. The summed E-state index contributed by atoms with van der Waals surface area (Å²) in [5.41, 5.74) is -1.23. The Kier molecular flexibility index (Phi) is 3.92. The Morgan fingerprint density at radius 2 is 2.00 bits per heavy atom. The summed E-state index contributed by atoms with van der Waals surface area (Å²) in [6, 6.07) is 0. The van der Waals surface area contributed by atoms with E-state index in [0.717, 1.165) is 0 Å². The van der Waals surface area contributed by atoms with Crippen molar-refractivity contribution in [1.82, 2.24) is 0 Å². The van der Waals surface area contributed by atoms with Crippen LogP contribution in [0.2, 0.25) is 0 Å². The van der Waals surface area contributed by atoms with Gasteiger partial charge in [0.15, 0.2) is 17.7 Å². The Morgan fingerprint density at radius 1 is 1.35 bits per heavy atom. The first-order valence-electron chi connectivity index (χ1n) is 6.36. The van der Waals surface area contributed by atoms with Crippen LogP contribution in [0, 0.1) is 0 Å². The normalized spacial score (nSPS) is 38.5. The number of hydrogen-bond acceptors (Lipinski definition) is 7. The lowest BCUT2D eigenvalue weighted by Gasteiger charge is -2.32. The fourth-order valence-corrected chi connectivity index (χ4v) is 2.27. The van der Waals surface area contributed by atoms with Crippen molar-refractivity contribution < 1.29 is 34.0 Å². The molecule has 2 aliphatic heterocycles. The molecule has 0 aromatic carbocycles. The van der Waals surface area contributed by atoms with Gasteiger partial charge < -0.3 is 29.2 Å². The summed E-state index contributed by atoms with van der Waals surface area (Å²) in [4.78, 5) is 11.4. The number of ether oxygens (including phenoxy) is 4. The van der Waals surface area contributed by atoms with Crippen molar-refractivity contribution in [3.8, 4) is 0 Å². The molecule has 0 unspecified atom stereocenters. The van der Waals surface area contributed by atoms with Crippen LogP contribution in [0.4, 0.5) is 0 Å². The van der Waals surface area contributed by atoms with Gasteiger partial charge in [0.05, 0.1) is 6.61 Å². The quantitative estimate of drug-likeness (QED) is 0.542. The molecule has 0 aromatic rings. The van der Waals surface area contributed by atoms with E-state index in [-0.39, 0.29) is 12.2 Å². The van der Waals surface area contributed by atoms with Gasteiger partial charge in [0.1, 0.15) is 18.8 Å². The van der Waals surface area contributed by atoms with Crippen LogP contribution < -0.4 is 0 Å². The number of carbonyl (C=O) groups excluding carboxylic acids is 1. The van der Waals surface area contributed by atoms with E-state index in [1.165, 1.54) is 6.92 Å². The topological polar surface area (TPSA) is 94.5 Å². The maximum atomic E-state index is 11.4. The minimum absolute atomic E-state index is 0.222. The second-order valence-corrected chi connectivity index (χ2v) is 5.61. The van der Waals surface area contributed by atoms with Crippen molar-refractivity contribution in [3.05, 3.63) is 12.2 Å². The summed E-state index contributed by atoms with van der Waals surface area (Å²) in [5, 5.41) is 19.8. The first-order valence-corrected chi connectivity index (χ1v) is 6.36. The lowest BCUT2D eigenvalue weighted by molar-refractivity contribution is -0.254. The molecule has 114 valence electrons. The maximum Gasteiger partial charge on any atom is 0.333 e. The maximum absolute atomic E-state index is 11.4. The lowest BCUT2D eigenvalue weighted by atomic mass is 9.97. The smallest absolute Gasteiger partial charge is 0.333 e. The van der Waals surface area contributed by atoms with Gasteiger partial charge in [-0.2, -0.15) is 0 Å². The predicted octanol–water partition coefficient (Wildman–Crippen LogP) is -0.295. The Bertz CT molecular complexity index is 419. The monoisotopic (exact) mass is 288 g/mol. The van der Waals surface area contributed by atoms with Crippen LogP contribution in [-0.4, -0.2) is 59.3 Å². The van der Waals surface area contributed by atoms with Crippen molar-refractivity contribution in [1.29, 1.82) is 0 Å². The molecule has 20 heavy (non-hydrogen) atoms. The third-order valence-electron chi connectivity index (χ3n) is 3.35. The molecule has 0 saturated carbocycles. The summed E-state index contributed by atoms with van der Waals surface area (Å²) < 4.78 is 21.5. The molecule has 2 aliphatic rings. The summed E-state index contributed by atoms with van der Waals surface area (Å²) in [5.74, 6) is -1.49. The standard InChI is InChI=1S/C13H20O7/c1-7(2)10(16)17-6-13(5-14)9(15)8-11(20-13)19-12(3,4)18-8/h8-9,11,14-15H,1,5-6H2,2-4H3/t8-,9-,11+,13-/m1/s1. The third kappa shape index (κ3) is 2.59. The highest BCUT2D eigenvalue weighted by molar-refractivity contribution is 5.86. The molecule has 7 nitrogen and oxygen atoms in total. The molecule has 0 amide bonds. The van der Waals surface area contributed by atoms with Crippen molar-refractivity contribution in [2.45, 2.75) is 50.7 Å². The molecular weight excluding hydrogens is 268 g/mol. The molecule has 2 heterocycles. The van der Waals surface area contributed by atoms with Gasteiger partial charge in [-0.25, -0.2) is 4.79 Å². The third-order valence-corrected chi connectivity index (χ3v) is 3.35. The van der Waals surface area contributed by atoms with E-state index in [1.54, 1.807) is 13.8 Å². The number of esters is 1. The summed E-state index contributed by atoms with van der Waals surface area (Å²) >= 11 is 0. The second-order valence-electron chi connectivity index (χ2n) is 5.61. The Labute approximate surface area is 117 Å². The zero-order valence-electron chi connectivity index (χ0n) is 11.8. The first kappa shape index (κ1) is 15.4. The van der Waals surface area contributed by atoms with E-state index in [4.69, 9.17) is 18.9 Å². The molecule has 2 N–H and O–H groups in total. The number of fused-ring (bicyclic) bond motifs is 1. The van der Waals surface area contributed by atoms with Crippen LogP contribution in [0.15, 0.2) is 12.2 Å². The van der Waals surface area contributed by atoms with Gasteiger partial charge in [-0.05, 0) is 20.8 Å². The highest BCUT2D eigenvalue weighted by atomic mass is 16.8. The molecule has 0 spiro atoms. The number of carbonyl (C=O) groups is 1. The Hall–Kier alpha value is -0.990. The molecule has 0 bridgehead atoms. The van der Waals surface area contributed by atoms with Crippen LogP contribution in [0.5, 0.6) is 0 Å². The molecule has 2 rings (SSSR count). The van der Waals surface area contributed by atoms with Gasteiger partial charge in [-0.15, -0.1) is 0 Å². The predicted molar refractivity (Wildman–Crippen MR) is 66.5 cm³/mol. The number of rotatable bonds is 4. The largest absolute Gasteiger partial charge is 0.459 e. The van der Waals surface area contributed by atoms with Crippen molar-refractivity contribution >= 4 is 5.97 Å². The van der Waals surface area contributed by atoms with E-state index >= 15 is 0 Å². The van der Waals surface area contributed by atoms with Gasteiger partial charge in [0.2, 0.25) is 0 Å². The first-order chi connectivity index (χ1) is 9.21. The molecule has 4 atom stereocenters. The molecule has 0 aliphatic carbocycles. The second kappa shape index (κ2) is 5.09. The zero-order valence-corrected chi connectivity index (χ0v) is 11.8. The summed E-state index contributed by atoms with van der Waals surface area (Å²) in [6.45, 7) is 7.51. The van der Waals surface area contributed by atoms with Crippen LogP contribution in [-0.2, 0) is 23.7 Å². The zero-order chi connectivity index (χ0) is 15.1. The van der Waals surface area contributed by atoms with Gasteiger partial charge in [0, 0.05) is 5.57 Å². The summed E-state index contributed by atoms with van der Waals surface area (Å²) in [6.07, 6.45) is -2.71. The molecule has 0 aromatic heterocycles. The Balaban J connectivity index is 2.07. The number of hydrogen-bond donors (Lipinski definition) is 2. The SMILES string of the molecule is C=C(C)C(=O)OC[C@@]1(CO)O[C@@H]2OC(C)(C)O[C@@H]2[C@H]1O. The molecular formula is C13H20O7. The molecule has 2 fully saturated rings. The molecule has 0 radical (unpaired) electrons. The van der Waals surface area contributed by atoms with E-state index in [2.05, 4.69) is 6.58 Å². The van der Waals surface area contributed by atoms with Crippen LogP contribution in [0.3, 0.4) is 0 Å². The average Bonchev–Trinajstić information content (AvgIpc) is 2.79. The van der Waals surface area contributed by atoms with Crippen molar-refractivity contribution in [3.63, 3.8) is 0 Å². The lowest BCUT2D eigenvalue weighted by Crippen LogP contribution is -2.51. The minimum atomic E-state index is -1.45. The van der Waals surface area contributed by atoms with E-state index in [1.807, 2.05) is 0 Å². The van der Waals surface area contributed by atoms with Crippen LogP contribution >= 0.6 is 0 Å². The average molecular weight is 288 g/mol.